The number of aliphatic hydroxyl groups excluding tert-OH is 1. The zero-order valence-electron chi connectivity index (χ0n) is 17.0. The van der Waals surface area contributed by atoms with Crippen molar-refractivity contribution in [3.8, 4) is 0 Å². The van der Waals surface area contributed by atoms with E-state index >= 15 is 0 Å². The molecule has 2 aromatic carbocycles. The van der Waals surface area contributed by atoms with E-state index in [1.54, 1.807) is 0 Å². The molecule has 2 rings (SSSR count). The molecule has 3 N–H and O–H groups in total. The minimum absolute atomic E-state index is 0.479. The first kappa shape index (κ1) is 21.9. The van der Waals surface area contributed by atoms with Gasteiger partial charge >= 0.3 is 0 Å². The molecular weight excluding hydrogens is 350 g/mol. The highest BCUT2D eigenvalue weighted by Gasteiger charge is 2.07. The molecule has 0 bridgehead atoms. The molecule has 28 heavy (non-hydrogen) atoms. The van der Waals surface area contributed by atoms with Crippen LogP contribution < -0.4 is 10.6 Å². The summed E-state index contributed by atoms with van der Waals surface area (Å²) >= 11 is 0. The van der Waals surface area contributed by atoms with Crippen molar-refractivity contribution >= 4 is 5.96 Å². The molecule has 5 heteroatoms. The number of aliphatic hydroxyl groups is 1. The smallest absolute Gasteiger partial charge is 0.191 e. The van der Waals surface area contributed by atoms with Crippen LogP contribution in [0.15, 0.2) is 59.6 Å². The fourth-order valence-electron chi connectivity index (χ4n) is 2.85. The highest BCUT2D eigenvalue weighted by atomic mass is 16.5. The Morgan fingerprint density at radius 1 is 1.00 bits per heavy atom. The zero-order valence-corrected chi connectivity index (χ0v) is 17.0. The maximum Gasteiger partial charge on any atom is 0.191 e. The van der Waals surface area contributed by atoms with Crippen LogP contribution in [0.5, 0.6) is 0 Å². The zero-order chi connectivity index (χ0) is 20.0. The number of ether oxygens (including phenoxy) is 1. The van der Waals surface area contributed by atoms with Crippen molar-refractivity contribution in [2.75, 3.05) is 19.7 Å². The summed E-state index contributed by atoms with van der Waals surface area (Å²) in [6, 6.07) is 18.0. The number of rotatable bonds is 11. The van der Waals surface area contributed by atoms with Crippen LogP contribution in [0.4, 0.5) is 0 Å². The first-order valence-electron chi connectivity index (χ1n) is 10.1. The van der Waals surface area contributed by atoms with Gasteiger partial charge in [0.2, 0.25) is 0 Å². The molecule has 1 unspecified atom stereocenters. The summed E-state index contributed by atoms with van der Waals surface area (Å²) in [6.45, 7) is 7.56. The van der Waals surface area contributed by atoms with Crippen molar-refractivity contribution in [1.29, 1.82) is 0 Å². The van der Waals surface area contributed by atoms with Gasteiger partial charge in [0.25, 0.3) is 0 Å². The van der Waals surface area contributed by atoms with E-state index in [0.29, 0.717) is 26.1 Å². The Bertz CT molecular complexity index is 704. The fourth-order valence-corrected chi connectivity index (χ4v) is 2.85. The van der Waals surface area contributed by atoms with E-state index in [-0.39, 0.29) is 0 Å². The van der Waals surface area contributed by atoms with Crippen LogP contribution >= 0.6 is 0 Å². The molecular formula is C23H33N3O2. The van der Waals surface area contributed by atoms with Crippen LogP contribution in [0.3, 0.4) is 0 Å². The van der Waals surface area contributed by atoms with Crippen LogP contribution in [-0.2, 0) is 17.9 Å². The second kappa shape index (κ2) is 12.9. The highest BCUT2D eigenvalue weighted by Crippen LogP contribution is 2.15. The molecule has 0 heterocycles. The normalized spacial score (nSPS) is 12.6. The summed E-state index contributed by atoms with van der Waals surface area (Å²) in [6.07, 6.45) is 1.16. The summed E-state index contributed by atoms with van der Waals surface area (Å²) in [7, 11) is 0. The van der Waals surface area contributed by atoms with Crippen molar-refractivity contribution in [2.45, 2.75) is 45.9 Å². The number of hydrogen-bond acceptors (Lipinski definition) is 3. The second-order valence-corrected chi connectivity index (χ2v) is 6.66. The van der Waals surface area contributed by atoms with Gasteiger partial charge in [0.05, 0.1) is 19.3 Å². The van der Waals surface area contributed by atoms with Gasteiger partial charge in [-0.05, 0) is 36.5 Å². The molecule has 0 spiro atoms. The quantitative estimate of drug-likeness (QED) is 0.314. The first-order chi connectivity index (χ1) is 13.7. The number of hydrogen-bond donors (Lipinski definition) is 3. The molecule has 0 fully saturated rings. The van der Waals surface area contributed by atoms with E-state index < -0.39 is 6.10 Å². The van der Waals surface area contributed by atoms with E-state index in [4.69, 9.17) is 9.73 Å². The monoisotopic (exact) mass is 383 g/mol. The SMILES string of the molecule is CCCOCc1ccccc1CN=C(NCC)NCCC(O)c1ccccc1. The topological polar surface area (TPSA) is 65.9 Å². The van der Waals surface area contributed by atoms with Gasteiger partial charge in [0.15, 0.2) is 5.96 Å². The maximum absolute atomic E-state index is 10.3. The second-order valence-electron chi connectivity index (χ2n) is 6.66. The Kier molecular flexibility index (Phi) is 10.1. The van der Waals surface area contributed by atoms with Crippen LogP contribution in [0.1, 0.15) is 49.5 Å². The minimum Gasteiger partial charge on any atom is -0.388 e. The van der Waals surface area contributed by atoms with Gasteiger partial charge < -0.3 is 20.5 Å². The number of guanidine groups is 1. The highest BCUT2D eigenvalue weighted by molar-refractivity contribution is 5.79. The maximum atomic E-state index is 10.3. The molecule has 152 valence electrons. The average molecular weight is 384 g/mol. The Labute approximate surface area is 168 Å². The van der Waals surface area contributed by atoms with E-state index in [0.717, 1.165) is 31.1 Å². The summed E-state index contributed by atoms with van der Waals surface area (Å²) in [4.78, 5) is 4.70. The van der Waals surface area contributed by atoms with Gasteiger partial charge in [0.1, 0.15) is 0 Å². The molecule has 0 radical (unpaired) electrons. The van der Waals surface area contributed by atoms with Gasteiger partial charge in [-0.15, -0.1) is 0 Å². The lowest BCUT2D eigenvalue weighted by molar-refractivity contribution is 0.121. The van der Waals surface area contributed by atoms with Gasteiger partial charge in [-0.1, -0.05) is 61.5 Å². The summed E-state index contributed by atoms with van der Waals surface area (Å²) < 4.78 is 5.69. The largest absolute Gasteiger partial charge is 0.388 e. The van der Waals surface area contributed by atoms with Crippen LogP contribution in [0, 0.1) is 0 Å². The molecule has 0 aliphatic heterocycles. The van der Waals surface area contributed by atoms with Gasteiger partial charge in [-0.25, -0.2) is 4.99 Å². The lowest BCUT2D eigenvalue weighted by atomic mass is 10.1. The Hall–Kier alpha value is -2.37. The lowest BCUT2D eigenvalue weighted by Crippen LogP contribution is -2.38. The molecule has 0 aliphatic carbocycles. The molecule has 0 saturated carbocycles. The van der Waals surface area contributed by atoms with E-state index in [9.17, 15) is 5.11 Å². The first-order valence-corrected chi connectivity index (χ1v) is 10.1. The summed E-state index contributed by atoms with van der Waals surface area (Å²) in [5, 5.41) is 16.9. The van der Waals surface area contributed by atoms with Crippen LogP contribution in [0.2, 0.25) is 0 Å². The van der Waals surface area contributed by atoms with E-state index in [2.05, 4.69) is 29.7 Å². The Balaban J connectivity index is 1.90. The van der Waals surface area contributed by atoms with Crippen molar-refractivity contribution in [3.63, 3.8) is 0 Å². The third-order valence-corrected chi connectivity index (χ3v) is 4.37. The third-order valence-electron chi connectivity index (χ3n) is 4.37. The van der Waals surface area contributed by atoms with Crippen LogP contribution in [0.25, 0.3) is 0 Å². The standard InChI is InChI=1S/C23H33N3O2/c1-3-16-28-18-21-13-9-8-12-20(21)17-26-23(24-4-2)25-15-14-22(27)19-10-6-5-7-11-19/h5-13,22,27H,3-4,14-18H2,1-2H3,(H2,24,25,26). The van der Waals surface area contributed by atoms with Gasteiger partial charge in [-0.3, -0.25) is 0 Å². The molecule has 0 saturated heterocycles. The summed E-state index contributed by atoms with van der Waals surface area (Å²) in [5.74, 6) is 0.757. The van der Waals surface area contributed by atoms with E-state index in [1.807, 2.05) is 49.4 Å². The number of nitrogens with zero attached hydrogens (tertiary/aromatic N) is 1. The molecule has 5 nitrogen and oxygen atoms in total. The van der Waals surface area contributed by atoms with Crippen LogP contribution in [-0.4, -0.2) is 30.8 Å². The Morgan fingerprint density at radius 2 is 1.71 bits per heavy atom. The fraction of sp³-hybridized carbons (Fsp3) is 0.435. The third kappa shape index (κ3) is 7.71. The average Bonchev–Trinajstić information content (AvgIpc) is 2.73. The number of benzene rings is 2. The van der Waals surface area contributed by atoms with Crippen molar-refractivity contribution in [3.05, 3.63) is 71.3 Å². The van der Waals surface area contributed by atoms with Crippen molar-refractivity contribution < 1.29 is 9.84 Å². The van der Waals surface area contributed by atoms with Gasteiger partial charge in [-0.2, -0.15) is 0 Å². The predicted octanol–water partition coefficient (Wildman–Crippen LogP) is 3.79. The summed E-state index contributed by atoms with van der Waals surface area (Å²) in [5.41, 5.74) is 3.28. The lowest BCUT2D eigenvalue weighted by Gasteiger charge is -2.15. The molecule has 2 aromatic rings. The van der Waals surface area contributed by atoms with Gasteiger partial charge in [0, 0.05) is 19.7 Å². The molecule has 0 aliphatic rings. The Morgan fingerprint density at radius 3 is 2.43 bits per heavy atom. The van der Waals surface area contributed by atoms with E-state index in [1.165, 1.54) is 11.1 Å². The minimum atomic E-state index is -0.479. The predicted molar refractivity (Wildman–Crippen MR) is 115 cm³/mol. The number of aliphatic imine (C=N–C) groups is 1. The van der Waals surface area contributed by atoms with Crippen molar-refractivity contribution in [1.82, 2.24) is 10.6 Å². The molecule has 0 aromatic heterocycles. The molecule has 0 amide bonds. The molecule has 1 atom stereocenters. The van der Waals surface area contributed by atoms with Crippen molar-refractivity contribution in [2.24, 2.45) is 4.99 Å². The number of nitrogens with one attached hydrogen (secondary N) is 2.